The normalized spacial score (nSPS) is 18.5. The first-order valence-corrected chi connectivity index (χ1v) is 14.4. The number of likely N-dealkylation sites (tertiary alicyclic amines) is 1. The molecule has 204 valence electrons. The Morgan fingerprint density at radius 1 is 1.07 bits per heavy atom. The van der Waals surface area contributed by atoms with Gasteiger partial charge < -0.3 is 19.4 Å². The second-order valence-corrected chi connectivity index (χ2v) is 11.5. The minimum Gasteiger partial charge on any atom is -0.496 e. The summed E-state index contributed by atoms with van der Waals surface area (Å²) in [5.41, 5.74) is 3.15. The standard InChI is InChI=1S/C30H29N5O4S/c1-38-22-10-7-11-23-24(22)20-16-34(15-19(20)17-39-23)12-5-6-13-35-29(36)27-25(33-30(35)37)26-28(40-27)31-14-21(32-26)18-8-3-2-4-9-18/h2-4,7-11,14,19-20H,5-6,12-13,15-17H2,1H3,(H,33,37)/t19?,20-/m1/s1. The van der Waals surface area contributed by atoms with Gasteiger partial charge in [-0.1, -0.05) is 36.4 Å². The predicted octanol–water partition coefficient (Wildman–Crippen LogP) is 4.26. The van der Waals surface area contributed by atoms with E-state index in [0.717, 1.165) is 56.1 Å². The molecule has 2 aliphatic rings. The molecule has 1 fully saturated rings. The van der Waals surface area contributed by atoms with Crippen molar-refractivity contribution in [2.45, 2.75) is 25.3 Å². The van der Waals surface area contributed by atoms with Gasteiger partial charge in [0.05, 0.1) is 31.1 Å². The van der Waals surface area contributed by atoms with Crippen LogP contribution in [0.5, 0.6) is 11.5 Å². The number of hydrogen-bond acceptors (Lipinski definition) is 8. The summed E-state index contributed by atoms with van der Waals surface area (Å²) in [6.07, 6.45) is 3.33. The molecule has 40 heavy (non-hydrogen) atoms. The number of aromatic nitrogens is 4. The highest BCUT2D eigenvalue weighted by Gasteiger charge is 2.40. The average Bonchev–Trinajstić information content (AvgIpc) is 3.58. The van der Waals surface area contributed by atoms with Crippen LogP contribution >= 0.6 is 11.3 Å². The SMILES string of the molecule is COc1cccc2c1[C@@H]1CN(CCCCn3c(=O)[nH]c4c(sc5ncc(-c6ccccc6)nc54)c3=O)CC1CO2. The van der Waals surface area contributed by atoms with Gasteiger partial charge in [-0.15, -0.1) is 11.3 Å². The Labute approximate surface area is 234 Å². The van der Waals surface area contributed by atoms with Gasteiger partial charge in [-0.2, -0.15) is 0 Å². The van der Waals surface area contributed by atoms with E-state index in [2.05, 4.69) is 14.9 Å². The molecule has 10 heteroatoms. The number of H-pyrrole nitrogens is 1. The van der Waals surface area contributed by atoms with Crippen molar-refractivity contribution in [1.82, 2.24) is 24.4 Å². The van der Waals surface area contributed by atoms with Crippen LogP contribution in [-0.4, -0.2) is 57.8 Å². The summed E-state index contributed by atoms with van der Waals surface area (Å²) in [5.74, 6) is 2.66. The lowest BCUT2D eigenvalue weighted by Gasteiger charge is -2.29. The highest BCUT2D eigenvalue weighted by atomic mass is 32.1. The highest BCUT2D eigenvalue weighted by molar-refractivity contribution is 7.25. The third-order valence-corrected chi connectivity index (χ3v) is 9.15. The molecule has 1 N–H and O–H groups in total. The minimum atomic E-state index is -0.405. The van der Waals surface area contributed by atoms with Crippen LogP contribution in [0.3, 0.4) is 0 Å². The molecular weight excluding hydrogens is 526 g/mol. The number of methoxy groups -OCH3 is 1. The van der Waals surface area contributed by atoms with E-state index >= 15 is 0 Å². The van der Waals surface area contributed by atoms with Crippen LogP contribution in [0.1, 0.15) is 24.3 Å². The number of ether oxygens (including phenoxy) is 2. The zero-order valence-electron chi connectivity index (χ0n) is 22.1. The fourth-order valence-electron chi connectivity index (χ4n) is 6.11. The Morgan fingerprint density at radius 2 is 1.93 bits per heavy atom. The molecule has 5 heterocycles. The van der Waals surface area contributed by atoms with Gasteiger partial charge in [0.1, 0.15) is 26.5 Å². The van der Waals surface area contributed by atoms with Gasteiger partial charge in [-0.25, -0.2) is 14.8 Å². The van der Waals surface area contributed by atoms with Crippen molar-refractivity contribution >= 4 is 31.9 Å². The first-order valence-electron chi connectivity index (χ1n) is 13.6. The molecular formula is C30H29N5O4S. The van der Waals surface area contributed by atoms with Crippen molar-refractivity contribution in [2.24, 2.45) is 5.92 Å². The van der Waals surface area contributed by atoms with Crippen molar-refractivity contribution in [1.29, 1.82) is 0 Å². The summed E-state index contributed by atoms with van der Waals surface area (Å²) in [6.45, 7) is 3.93. The largest absolute Gasteiger partial charge is 0.496 e. The van der Waals surface area contributed by atoms with Crippen LogP contribution in [0.25, 0.3) is 31.8 Å². The lowest BCUT2D eigenvalue weighted by atomic mass is 9.86. The smallest absolute Gasteiger partial charge is 0.328 e. The molecule has 2 aromatic carbocycles. The van der Waals surface area contributed by atoms with E-state index in [0.29, 0.717) is 44.6 Å². The third kappa shape index (κ3) is 4.28. The molecule has 0 bridgehead atoms. The van der Waals surface area contributed by atoms with Crippen molar-refractivity contribution in [3.63, 3.8) is 0 Å². The molecule has 0 spiro atoms. The Hall–Kier alpha value is -4.02. The summed E-state index contributed by atoms with van der Waals surface area (Å²) in [7, 11) is 1.71. The highest BCUT2D eigenvalue weighted by Crippen LogP contribution is 2.46. The molecule has 3 aromatic heterocycles. The zero-order chi connectivity index (χ0) is 27.2. The third-order valence-electron chi connectivity index (χ3n) is 8.08. The number of hydrogen-bond donors (Lipinski definition) is 1. The second kappa shape index (κ2) is 10.2. The quantitative estimate of drug-likeness (QED) is 0.300. The van der Waals surface area contributed by atoms with Gasteiger partial charge in [0.25, 0.3) is 5.56 Å². The summed E-state index contributed by atoms with van der Waals surface area (Å²) >= 11 is 1.28. The number of benzene rings is 2. The van der Waals surface area contributed by atoms with Crippen molar-refractivity contribution < 1.29 is 9.47 Å². The lowest BCUT2D eigenvalue weighted by Crippen LogP contribution is -2.34. The second-order valence-electron chi connectivity index (χ2n) is 10.5. The van der Waals surface area contributed by atoms with E-state index in [-0.39, 0.29) is 5.56 Å². The molecule has 2 atom stereocenters. The number of fused-ring (bicyclic) bond motifs is 6. The Balaban J connectivity index is 1.05. The van der Waals surface area contributed by atoms with E-state index in [1.807, 2.05) is 48.5 Å². The van der Waals surface area contributed by atoms with Gasteiger partial charge in [0.2, 0.25) is 0 Å². The van der Waals surface area contributed by atoms with Crippen LogP contribution in [0, 0.1) is 5.92 Å². The van der Waals surface area contributed by atoms with E-state index in [1.54, 1.807) is 13.3 Å². The lowest BCUT2D eigenvalue weighted by molar-refractivity contribution is 0.209. The zero-order valence-corrected chi connectivity index (χ0v) is 22.9. The number of nitrogens with zero attached hydrogens (tertiary/aromatic N) is 4. The molecule has 1 unspecified atom stereocenters. The average molecular weight is 556 g/mol. The maximum Gasteiger partial charge on any atom is 0.328 e. The van der Waals surface area contributed by atoms with E-state index < -0.39 is 5.69 Å². The van der Waals surface area contributed by atoms with Crippen LogP contribution in [-0.2, 0) is 6.54 Å². The molecule has 0 saturated carbocycles. The van der Waals surface area contributed by atoms with Crippen LogP contribution < -0.4 is 20.7 Å². The fraction of sp³-hybridized carbons (Fsp3) is 0.333. The number of unbranched alkanes of at least 4 members (excludes halogenated alkanes) is 1. The van der Waals surface area contributed by atoms with E-state index in [9.17, 15) is 9.59 Å². The number of thiophene rings is 1. The molecule has 9 nitrogen and oxygen atoms in total. The topological polar surface area (TPSA) is 102 Å². The molecule has 1 saturated heterocycles. The van der Waals surface area contributed by atoms with Gasteiger partial charge in [0.15, 0.2) is 0 Å². The Bertz CT molecular complexity index is 1820. The van der Waals surface area contributed by atoms with Crippen LogP contribution in [0.2, 0.25) is 0 Å². The van der Waals surface area contributed by atoms with Gasteiger partial charge in [0, 0.05) is 42.6 Å². The van der Waals surface area contributed by atoms with Gasteiger partial charge >= 0.3 is 5.69 Å². The molecule has 2 aliphatic heterocycles. The molecule has 0 amide bonds. The fourth-order valence-corrected chi connectivity index (χ4v) is 7.10. The van der Waals surface area contributed by atoms with Crippen molar-refractivity contribution in [3.8, 4) is 22.8 Å². The maximum atomic E-state index is 13.3. The monoisotopic (exact) mass is 555 g/mol. The number of aromatic amines is 1. The van der Waals surface area contributed by atoms with Crippen LogP contribution in [0.15, 0.2) is 64.3 Å². The summed E-state index contributed by atoms with van der Waals surface area (Å²) in [5, 5.41) is 0. The summed E-state index contributed by atoms with van der Waals surface area (Å²) in [6, 6.07) is 15.7. The van der Waals surface area contributed by atoms with E-state index in [1.165, 1.54) is 21.5 Å². The van der Waals surface area contributed by atoms with Crippen molar-refractivity contribution in [2.75, 3.05) is 33.4 Å². The first-order chi connectivity index (χ1) is 19.6. The molecule has 7 rings (SSSR count). The Morgan fingerprint density at radius 3 is 2.77 bits per heavy atom. The summed E-state index contributed by atoms with van der Waals surface area (Å²) in [4.78, 5) is 41.6. The minimum absolute atomic E-state index is 0.280. The predicted molar refractivity (Wildman–Crippen MR) is 156 cm³/mol. The number of rotatable bonds is 7. The maximum absolute atomic E-state index is 13.3. The molecule has 5 aromatic rings. The molecule has 0 aliphatic carbocycles. The van der Waals surface area contributed by atoms with Crippen molar-refractivity contribution in [3.05, 3.63) is 81.1 Å². The Kier molecular flexibility index (Phi) is 6.36. The van der Waals surface area contributed by atoms with E-state index in [4.69, 9.17) is 14.5 Å². The number of nitrogens with one attached hydrogen (secondary N) is 1. The molecule has 0 radical (unpaired) electrons. The van der Waals surface area contributed by atoms with Gasteiger partial charge in [-0.3, -0.25) is 9.36 Å². The van der Waals surface area contributed by atoms with Crippen LogP contribution in [0.4, 0.5) is 0 Å². The first kappa shape index (κ1) is 25.0. The summed E-state index contributed by atoms with van der Waals surface area (Å²) < 4.78 is 13.5. The van der Waals surface area contributed by atoms with Gasteiger partial charge in [-0.05, 0) is 31.5 Å².